The number of aliphatic hydroxyl groups is 1. The fraction of sp³-hybridized carbons (Fsp3) is 0.800. The Bertz CT molecular complexity index is 328. The van der Waals surface area contributed by atoms with Gasteiger partial charge in [0.25, 0.3) is 0 Å². The van der Waals surface area contributed by atoms with Crippen molar-refractivity contribution in [2.75, 3.05) is 5.75 Å². The van der Waals surface area contributed by atoms with Gasteiger partial charge in [-0.15, -0.1) is 10.2 Å². The molecule has 0 atom stereocenters. The minimum Gasteiger partial charge on any atom is -0.390 e. The molecule has 1 N–H and O–H groups in total. The van der Waals surface area contributed by atoms with Crippen molar-refractivity contribution in [1.82, 2.24) is 14.8 Å². The highest BCUT2D eigenvalue weighted by molar-refractivity contribution is 7.99. The summed E-state index contributed by atoms with van der Waals surface area (Å²) >= 11 is 1.68. The van der Waals surface area contributed by atoms with E-state index < -0.39 is 5.60 Å². The first-order valence-electron chi connectivity index (χ1n) is 5.31. The van der Waals surface area contributed by atoms with E-state index in [1.165, 1.54) is 12.8 Å². The number of hydrogen-bond acceptors (Lipinski definition) is 4. The smallest absolute Gasteiger partial charge is 0.191 e. The summed E-state index contributed by atoms with van der Waals surface area (Å²) in [5, 5.41) is 18.6. The summed E-state index contributed by atoms with van der Waals surface area (Å²) in [6.45, 7) is 3.67. The van der Waals surface area contributed by atoms with Crippen molar-refractivity contribution < 1.29 is 5.11 Å². The fourth-order valence-corrected chi connectivity index (χ4v) is 2.56. The molecule has 15 heavy (non-hydrogen) atoms. The van der Waals surface area contributed by atoms with Crippen molar-refractivity contribution in [2.45, 2.75) is 49.9 Å². The minimum absolute atomic E-state index is 0.586. The van der Waals surface area contributed by atoms with Crippen molar-refractivity contribution in [1.29, 1.82) is 0 Å². The van der Waals surface area contributed by atoms with E-state index in [0.29, 0.717) is 6.04 Å². The Labute approximate surface area is 94.1 Å². The second-order valence-corrected chi connectivity index (χ2v) is 5.72. The molecule has 4 nitrogen and oxygen atoms in total. The molecule has 0 spiro atoms. The summed E-state index contributed by atoms with van der Waals surface area (Å²) in [4.78, 5) is 0. The number of aromatic nitrogens is 3. The Morgan fingerprint density at radius 3 is 2.93 bits per heavy atom. The summed E-state index contributed by atoms with van der Waals surface area (Å²) in [6.07, 6.45) is 5.08. The normalized spacial score (nSPS) is 17.0. The average Bonchev–Trinajstić information content (AvgIpc) is 2.86. The van der Waals surface area contributed by atoms with Crippen LogP contribution in [-0.4, -0.2) is 31.2 Å². The predicted octanol–water partition coefficient (Wildman–Crippen LogP) is 1.87. The second-order valence-electron chi connectivity index (χ2n) is 4.66. The van der Waals surface area contributed by atoms with Gasteiger partial charge in [0.05, 0.1) is 5.60 Å². The highest BCUT2D eigenvalue weighted by atomic mass is 32.2. The van der Waals surface area contributed by atoms with Crippen LogP contribution in [0.15, 0.2) is 11.5 Å². The van der Waals surface area contributed by atoms with Gasteiger partial charge in [0.2, 0.25) is 0 Å². The van der Waals surface area contributed by atoms with E-state index >= 15 is 0 Å². The monoisotopic (exact) mass is 227 g/mol. The zero-order valence-corrected chi connectivity index (χ0v) is 10.00. The summed E-state index contributed by atoms with van der Waals surface area (Å²) in [5.74, 6) is 0.884. The average molecular weight is 227 g/mol. The van der Waals surface area contributed by atoms with E-state index in [9.17, 15) is 5.11 Å². The zero-order valence-electron chi connectivity index (χ0n) is 9.18. The van der Waals surface area contributed by atoms with Gasteiger partial charge in [0, 0.05) is 11.8 Å². The Hall–Kier alpha value is -0.550. The molecule has 1 aromatic heterocycles. The zero-order chi connectivity index (χ0) is 10.9. The van der Waals surface area contributed by atoms with Crippen LogP contribution in [0.4, 0.5) is 0 Å². The molecule has 0 amide bonds. The van der Waals surface area contributed by atoms with E-state index in [1.54, 1.807) is 11.8 Å². The Kier molecular flexibility index (Phi) is 3.02. The SMILES string of the molecule is CC(C)(O)CCSc1nncn1C1CC1. The molecule has 1 saturated carbocycles. The van der Waals surface area contributed by atoms with Crippen molar-refractivity contribution in [2.24, 2.45) is 0 Å². The molecule has 84 valence electrons. The molecule has 0 aromatic carbocycles. The summed E-state index contributed by atoms with van der Waals surface area (Å²) in [7, 11) is 0. The molecule has 0 aliphatic heterocycles. The lowest BCUT2D eigenvalue weighted by molar-refractivity contribution is 0.0777. The van der Waals surface area contributed by atoms with Gasteiger partial charge < -0.3 is 9.67 Å². The third-order valence-corrected chi connectivity index (χ3v) is 3.38. The fourth-order valence-electron chi connectivity index (χ4n) is 1.33. The lowest BCUT2D eigenvalue weighted by atomic mass is 10.1. The molecule has 0 radical (unpaired) electrons. The van der Waals surface area contributed by atoms with Crippen LogP contribution in [0.2, 0.25) is 0 Å². The van der Waals surface area contributed by atoms with E-state index in [0.717, 1.165) is 17.3 Å². The van der Waals surface area contributed by atoms with Gasteiger partial charge in [0.15, 0.2) is 5.16 Å². The van der Waals surface area contributed by atoms with Crippen LogP contribution in [0.3, 0.4) is 0 Å². The molecule has 0 bridgehead atoms. The molecule has 5 heteroatoms. The van der Waals surface area contributed by atoms with Gasteiger partial charge in [-0.05, 0) is 33.1 Å². The van der Waals surface area contributed by atoms with Gasteiger partial charge >= 0.3 is 0 Å². The van der Waals surface area contributed by atoms with Gasteiger partial charge in [-0.25, -0.2) is 0 Å². The molecule has 1 aliphatic rings. The standard InChI is InChI=1S/C10H17N3OS/c1-10(2,14)5-6-15-9-12-11-7-13(9)8-3-4-8/h7-8,14H,3-6H2,1-2H3. The van der Waals surface area contributed by atoms with E-state index in [2.05, 4.69) is 14.8 Å². The van der Waals surface area contributed by atoms with Crippen LogP contribution in [0, 0.1) is 0 Å². The van der Waals surface area contributed by atoms with Crippen LogP contribution < -0.4 is 0 Å². The number of thioether (sulfide) groups is 1. The van der Waals surface area contributed by atoms with Crippen LogP contribution in [0.5, 0.6) is 0 Å². The third kappa shape index (κ3) is 3.21. The van der Waals surface area contributed by atoms with Crippen LogP contribution in [0.25, 0.3) is 0 Å². The molecule has 1 aliphatic carbocycles. The summed E-state index contributed by atoms with van der Waals surface area (Å²) in [5.41, 5.74) is -0.586. The van der Waals surface area contributed by atoms with Crippen molar-refractivity contribution in [3.05, 3.63) is 6.33 Å². The first kappa shape index (κ1) is 11.0. The minimum atomic E-state index is -0.586. The molecule has 1 fully saturated rings. The quantitative estimate of drug-likeness (QED) is 0.780. The Balaban J connectivity index is 1.85. The van der Waals surface area contributed by atoms with Crippen LogP contribution in [0.1, 0.15) is 39.2 Å². The lowest BCUT2D eigenvalue weighted by Crippen LogP contribution is -2.19. The van der Waals surface area contributed by atoms with Gasteiger partial charge in [0.1, 0.15) is 6.33 Å². The van der Waals surface area contributed by atoms with Gasteiger partial charge in [-0.2, -0.15) is 0 Å². The van der Waals surface area contributed by atoms with Crippen molar-refractivity contribution >= 4 is 11.8 Å². The maximum absolute atomic E-state index is 9.58. The van der Waals surface area contributed by atoms with E-state index in [1.807, 2.05) is 20.2 Å². The molecule has 0 saturated heterocycles. The number of hydrogen-bond donors (Lipinski definition) is 1. The van der Waals surface area contributed by atoms with Crippen LogP contribution in [-0.2, 0) is 0 Å². The van der Waals surface area contributed by atoms with Crippen molar-refractivity contribution in [3.8, 4) is 0 Å². The first-order chi connectivity index (χ1) is 7.06. The van der Waals surface area contributed by atoms with Gasteiger partial charge in [-0.3, -0.25) is 0 Å². The summed E-state index contributed by atoms with van der Waals surface area (Å²) < 4.78 is 2.15. The second kappa shape index (κ2) is 4.14. The lowest BCUT2D eigenvalue weighted by Gasteiger charge is -2.15. The third-order valence-electron chi connectivity index (χ3n) is 2.43. The van der Waals surface area contributed by atoms with Crippen LogP contribution >= 0.6 is 11.8 Å². The van der Waals surface area contributed by atoms with Crippen molar-refractivity contribution in [3.63, 3.8) is 0 Å². The Morgan fingerprint density at radius 2 is 2.33 bits per heavy atom. The highest BCUT2D eigenvalue weighted by Crippen LogP contribution is 2.37. The molecule has 1 heterocycles. The molecular formula is C10H17N3OS. The molecular weight excluding hydrogens is 210 g/mol. The maximum atomic E-state index is 9.58. The maximum Gasteiger partial charge on any atom is 0.191 e. The number of rotatable bonds is 5. The largest absolute Gasteiger partial charge is 0.390 e. The molecule has 0 unspecified atom stereocenters. The molecule has 2 rings (SSSR count). The topological polar surface area (TPSA) is 50.9 Å². The Morgan fingerprint density at radius 1 is 1.60 bits per heavy atom. The summed E-state index contributed by atoms with van der Waals surface area (Å²) in [6, 6.07) is 0.629. The van der Waals surface area contributed by atoms with Gasteiger partial charge in [-0.1, -0.05) is 11.8 Å². The molecule has 1 aromatic rings. The highest BCUT2D eigenvalue weighted by Gasteiger charge is 2.26. The van der Waals surface area contributed by atoms with E-state index in [-0.39, 0.29) is 0 Å². The van der Waals surface area contributed by atoms with E-state index in [4.69, 9.17) is 0 Å². The first-order valence-corrected chi connectivity index (χ1v) is 6.29. The number of nitrogens with zero attached hydrogens (tertiary/aromatic N) is 3. The predicted molar refractivity (Wildman–Crippen MR) is 59.9 cm³/mol.